The van der Waals surface area contributed by atoms with E-state index in [1.807, 2.05) is 0 Å². The molecular weight excluding hydrogens is 278 g/mol. The number of carbonyl (C=O) groups is 1. The van der Waals surface area contributed by atoms with E-state index in [1.165, 1.54) is 23.5 Å². The molecule has 1 atom stereocenters. The minimum Gasteiger partial charge on any atom is -0.504 e. The second kappa shape index (κ2) is 6.36. The van der Waals surface area contributed by atoms with E-state index >= 15 is 0 Å². The van der Waals surface area contributed by atoms with Gasteiger partial charge in [0.2, 0.25) is 5.91 Å². The van der Waals surface area contributed by atoms with Gasteiger partial charge in [-0.1, -0.05) is 6.07 Å². The maximum absolute atomic E-state index is 11.8. The van der Waals surface area contributed by atoms with Crippen LogP contribution >= 0.6 is 11.3 Å². The highest BCUT2D eigenvalue weighted by Crippen LogP contribution is 2.25. The number of nitrogens with two attached hydrogens (primary N) is 1. The summed E-state index contributed by atoms with van der Waals surface area (Å²) in [6.45, 7) is 0.401. The third-order valence-electron chi connectivity index (χ3n) is 2.75. The lowest BCUT2D eigenvalue weighted by molar-refractivity contribution is -0.122. The largest absolute Gasteiger partial charge is 0.504 e. The normalized spacial score (nSPS) is 12.1. The number of phenolic OH excluding ortho intramolecular Hbond substituents is 2. The highest BCUT2D eigenvalue weighted by molar-refractivity contribution is 7.09. The van der Waals surface area contributed by atoms with Crippen LogP contribution in [0.4, 0.5) is 0 Å². The van der Waals surface area contributed by atoms with Crippen molar-refractivity contribution in [3.63, 3.8) is 0 Å². The fourth-order valence-corrected chi connectivity index (χ4v) is 2.21. The van der Waals surface area contributed by atoms with E-state index in [0.717, 1.165) is 4.88 Å². The molecule has 0 saturated heterocycles. The zero-order valence-electron chi connectivity index (χ0n) is 10.6. The summed E-state index contributed by atoms with van der Waals surface area (Å²) in [5.74, 6) is -0.692. The molecule has 20 heavy (non-hydrogen) atoms. The Morgan fingerprint density at radius 2 is 2.20 bits per heavy atom. The predicted molar refractivity (Wildman–Crippen MR) is 75.4 cm³/mol. The molecule has 1 aromatic carbocycles. The molecular formula is C13H15N3O3S. The summed E-state index contributed by atoms with van der Waals surface area (Å²) in [5.41, 5.74) is 8.18. The number of aromatic hydroxyl groups is 2. The first-order valence-corrected chi connectivity index (χ1v) is 6.85. The van der Waals surface area contributed by atoms with E-state index in [9.17, 15) is 15.0 Å². The van der Waals surface area contributed by atoms with E-state index in [1.54, 1.807) is 17.8 Å². The van der Waals surface area contributed by atoms with Crippen LogP contribution in [0, 0.1) is 0 Å². The van der Waals surface area contributed by atoms with Crippen LogP contribution in [-0.2, 0) is 17.8 Å². The zero-order chi connectivity index (χ0) is 14.5. The number of amides is 1. The molecule has 0 saturated carbocycles. The summed E-state index contributed by atoms with van der Waals surface area (Å²) in [6, 6.07) is 3.66. The third kappa shape index (κ3) is 3.69. The fourth-order valence-electron chi connectivity index (χ4n) is 1.68. The van der Waals surface area contributed by atoms with Gasteiger partial charge in [-0.05, 0) is 24.1 Å². The van der Waals surface area contributed by atoms with Crippen LogP contribution in [-0.4, -0.2) is 27.1 Å². The van der Waals surface area contributed by atoms with E-state index < -0.39 is 6.04 Å². The SMILES string of the molecule is N[C@@H](Cc1ccc(O)c(O)c1)C(=O)NCc1cncs1. The number of phenols is 2. The minimum atomic E-state index is -0.716. The van der Waals surface area contributed by atoms with Gasteiger partial charge in [-0.25, -0.2) is 0 Å². The average molecular weight is 293 g/mol. The molecule has 1 heterocycles. The highest BCUT2D eigenvalue weighted by Gasteiger charge is 2.14. The van der Waals surface area contributed by atoms with Crippen LogP contribution in [0.1, 0.15) is 10.4 Å². The maximum Gasteiger partial charge on any atom is 0.237 e. The van der Waals surface area contributed by atoms with Crippen LogP contribution in [0.25, 0.3) is 0 Å². The summed E-state index contributed by atoms with van der Waals surface area (Å²) in [4.78, 5) is 16.7. The molecule has 0 radical (unpaired) electrons. The van der Waals surface area contributed by atoms with E-state index in [-0.39, 0.29) is 23.8 Å². The number of rotatable bonds is 5. The third-order valence-corrected chi connectivity index (χ3v) is 3.53. The van der Waals surface area contributed by atoms with Crippen molar-refractivity contribution in [1.29, 1.82) is 0 Å². The van der Waals surface area contributed by atoms with Crippen LogP contribution < -0.4 is 11.1 Å². The standard InChI is InChI=1S/C13H15N3O3S/c14-10(3-8-1-2-11(17)12(18)4-8)13(19)16-6-9-5-15-7-20-9/h1-2,4-5,7,10,17-18H,3,6,14H2,(H,16,19)/t10-/m0/s1. The van der Waals surface area contributed by atoms with Crippen LogP contribution in [0.15, 0.2) is 29.9 Å². The molecule has 0 aliphatic heterocycles. The molecule has 0 aliphatic rings. The molecule has 0 fully saturated rings. The Morgan fingerprint density at radius 1 is 1.40 bits per heavy atom. The molecule has 2 aromatic rings. The van der Waals surface area contributed by atoms with Gasteiger partial charge in [0, 0.05) is 11.1 Å². The number of benzene rings is 1. The lowest BCUT2D eigenvalue weighted by Crippen LogP contribution is -2.41. The van der Waals surface area contributed by atoms with Gasteiger partial charge >= 0.3 is 0 Å². The van der Waals surface area contributed by atoms with Crippen molar-refractivity contribution in [1.82, 2.24) is 10.3 Å². The Morgan fingerprint density at radius 3 is 2.85 bits per heavy atom. The summed E-state index contributed by atoms with van der Waals surface area (Å²) >= 11 is 1.46. The molecule has 0 bridgehead atoms. The number of hydrogen-bond acceptors (Lipinski definition) is 6. The fraction of sp³-hybridized carbons (Fsp3) is 0.231. The van der Waals surface area contributed by atoms with Crippen molar-refractivity contribution >= 4 is 17.2 Å². The van der Waals surface area contributed by atoms with Gasteiger partial charge in [-0.15, -0.1) is 11.3 Å². The number of carbonyl (C=O) groups excluding carboxylic acids is 1. The number of hydrogen-bond donors (Lipinski definition) is 4. The number of aromatic nitrogens is 1. The van der Waals surface area contributed by atoms with Gasteiger partial charge in [-0.3, -0.25) is 9.78 Å². The van der Waals surface area contributed by atoms with Gasteiger partial charge in [-0.2, -0.15) is 0 Å². The lowest BCUT2D eigenvalue weighted by atomic mass is 10.1. The van der Waals surface area contributed by atoms with E-state index in [4.69, 9.17) is 5.73 Å². The summed E-state index contributed by atoms with van der Waals surface area (Å²) in [7, 11) is 0. The van der Waals surface area contributed by atoms with Crippen molar-refractivity contribution in [2.24, 2.45) is 5.73 Å². The Hall–Kier alpha value is -2.12. The molecule has 0 aliphatic carbocycles. The number of nitrogens with one attached hydrogen (secondary N) is 1. The maximum atomic E-state index is 11.8. The van der Waals surface area contributed by atoms with Crippen molar-refractivity contribution in [3.05, 3.63) is 40.3 Å². The first kappa shape index (κ1) is 14.3. The number of nitrogens with zero attached hydrogens (tertiary/aromatic N) is 1. The monoisotopic (exact) mass is 293 g/mol. The minimum absolute atomic E-state index is 0.197. The van der Waals surface area contributed by atoms with Gasteiger partial charge in [0.25, 0.3) is 0 Å². The Labute approximate surface area is 119 Å². The number of thiazole rings is 1. The Bertz CT molecular complexity index is 587. The van der Waals surface area contributed by atoms with Crippen LogP contribution in [0.5, 0.6) is 11.5 Å². The van der Waals surface area contributed by atoms with Gasteiger partial charge in [0.05, 0.1) is 18.1 Å². The molecule has 5 N–H and O–H groups in total. The summed E-state index contributed by atoms with van der Waals surface area (Å²) < 4.78 is 0. The topological polar surface area (TPSA) is 108 Å². The van der Waals surface area contributed by atoms with Gasteiger partial charge in [0.1, 0.15) is 0 Å². The second-order valence-corrected chi connectivity index (χ2v) is 5.29. The first-order valence-electron chi connectivity index (χ1n) is 5.98. The zero-order valence-corrected chi connectivity index (χ0v) is 11.4. The van der Waals surface area contributed by atoms with E-state index in [2.05, 4.69) is 10.3 Å². The molecule has 1 aromatic heterocycles. The Balaban J connectivity index is 1.88. The molecule has 106 valence electrons. The second-order valence-electron chi connectivity index (χ2n) is 4.32. The molecule has 0 spiro atoms. The molecule has 1 amide bonds. The summed E-state index contributed by atoms with van der Waals surface area (Å²) in [6.07, 6.45) is 1.97. The first-order chi connectivity index (χ1) is 9.56. The van der Waals surface area contributed by atoms with Crippen molar-refractivity contribution in [3.8, 4) is 11.5 Å². The van der Waals surface area contributed by atoms with Crippen molar-refractivity contribution in [2.45, 2.75) is 19.0 Å². The molecule has 6 nitrogen and oxygen atoms in total. The van der Waals surface area contributed by atoms with Gasteiger partial charge in [0.15, 0.2) is 11.5 Å². The van der Waals surface area contributed by atoms with Crippen LogP contribution in [0.3, 0.4) is 0 Å². The smallest absolute Gasteiger partial charge is 0.237 e. The van der Waals surface area contributed by atoms with Crippen molar-refractivity contribution < 1.29 is 15.0 Å². The quantitative estimate of drug-likeness (QED) is 0.608. The lowest BCUT2D eigenvalue weighted by Gasteiger charge is -2.12. The van der Waals surface area contributed by atoms with Gasteiger partial charge < -0.3 is 21.3 Å². The summed E-state index contributed by atoms with van der Waals surface area (Å²) in [5, 5.41) is 21.3. The predicted octanol–water partition coefficient (Wildman–Crippen LogP) is 0.740. The molecule has 0 unspecified atom stereocenters. The Kier molecular flexibility index (Phi) is 4.54. The average Bonchev–Trinajstić information content (AvgIpc) is 2.93. The van der Waals surface area contributed by atoms with Crippen LogP contribution in [0.2, 0.25) is 0 Å². The highest BCUT2D eigenvalue weighted by atomic mass is 32.1. The molecule has 7 heteroatoms. The van der Waals surface area contributed by atoms with Crippen molar-refractivity contribution in [2.75, 3.05) is 0 Å². The molecule has 2 rings (SSSR count). The van der Waals surface area contributed by atoms with E-state index in [0.29, 0.717) is 12.1 Å².